The molecule has 118 valence electrons. The molecule has 0 aromatic carbocycles. The summed E-state index contributed by atoms with van der Waals surface area (Å²) < 4.78 is 10.9. The van der Waals surface area contributed by atoms with Crippen LogP contribution in [0.3, 0.4) is 0 Å². The van der Waals surface area contributed by atoms with E-state index in [1.54, 1.807) is 26.6 Å². The minimum Gasteiger partial charge on any atom is -0.377 e. The number of hydrogen-bond donors (Lipinski definition) is 1. The summed E-state index contributed by atoms with van der Waals surface area (Å²) in [5, 5.41) is 3.43. The van der Waals surface area contributed by atoms with Gasteiger partial charge in [0.25, 0.3) is 0 Å². The molecule has 2 rings (SSSR count). The van der Waals surface area contributed by atoms with Gasteiger partial charge in [-0.2, -0.15) is 0 Å². The summed E-state index contributed by atoms with van der Waals surface area (Å²) in [5.41, 5.74) is 1.01. The predicted molar refractivity (Wildman–Crippen MR) is 82.4 cm³/mol. The highest BCUT2D eigenvalue weighted by Crippen LogP contribution is 2.21. The molecular formula is C15H26N4O2. The molecule has 2 atom stereocenters. The lowest BCUT2D eigenvalue weighted by Crippen LogP contribution is -2.35. The van der Waals surface area contributed by atoms with Crippen molar-refractivity contribution in [3.05, 3.63) is 18.1 Å². The molecule has 1 N–H and O–H groups in total. The molecule has 1 aliphatic rings. The standard InChI is InChI=1S/C15H26N4O2/c1-15(2,3)17-7-11-6-16-8-14(18-11)19-9-12(20-4)13(10-19)21-5/h6,8,12-13,17H,7,9-10H2,1-5H3. The summed E-state index contributed by atoms with van der Waals surface area (Å²) in [6.07, 6.45) is 3.76. The molecule has 1 aromatic heterocycles. The molecule has 1 aromatic rings. The predicted octanol–water partition coefficient (Wildman–Crippen LogP) is 1.21. The van der Waals surface area contributed by atoms with E-state index < -0.39 is 0 Å². The molecule has 0 amide bonds. The zero-order chi connectivity index (χ0) is 15.5. The third-order valence-corrected chi connectivity index (χ3v) is 3.62. The van der Waals surface area contributed by atoms with Crippen molar-refractivity contribution in [2.45, 2.75) is 45.1 Å². The first-order valence-corrected chi connectivity index (χ1v) is 7.29. The first kappa shape index (κ1) is 16.1. The summed E-state index contributed by atoms with van der Waals surface area (Å²) in [6.45, 7) is 8.67. The van der Waals surface area contributed by atoms with Gasteiger partial charge in [0, 0.05) is 45.6 Å². The normalized spacial score (nSPS) is 22.8. The Morgan fingerprint density at radius 1 is 1.19 bits per heavy atom. The summed E-state index contributed by atoms with van der Waals surface area (Å²) in [6, 6.07) is 0. The van der Waals surface area contributed by atoms with Crippen molar-refractivity contribution in [1.29, 1.82) is 0 Å². The second-order valence-corrected chi connectivity index (χ2v) is 6.43. The van der Waals surface area contributed by atoms with Crippen molar-refractivity contribution in [1.82, 2.24) is 15.3 Å². The van der Waals surface area contributed by atoms with Crippen LogP contribution >= 0.6 is 0 Å². The van der Waals surface area contributed by atoms with E-state index in [0.29, 0.717) is 6.54 Å². The Kier molecular flexibility index (Phi) is 5.13. The Morgan fingerprint density at radius 2 is 1.81 bits per heavy atom. The Labute approximate surface area is 126 Å². The first-order valence-electron chi connectivity index (χ1n) is 7.29. The number of aromatic nitrogens is 2. The number of ether oxygens (including phenoxy) is 2. The molecule has 0 spiro atoms. The number of methoxy groups -OCH3 is 2. The van der Waals surface area contributed by atoms with Crippen molar-refractivity contribution in [3.63, 3.8) is 0 Å². The van der Waals surface area contributed by atoms with Crippen LogP contribution < -0.4 is 10.2 Å². The lowest BCUT2D eigenvalue weighted by atomic mass is 10.1. The van der Waals surface area contributed by atoms with Gasteiger partial charge in [0.2, 0.25) is 0 Å². The van der Waals surface area contributed by atoms with Crippen LogP contribution in [0.25, 0.3) is 0 Å². The van der Waals surface area contributed by atoms with Crippen molar-refractivity contribution < 1.29 is 9.47 Å². The monoisotopic (exact) mass is 294 g/mol. The average Bonchev–Trinajstić information content (AvgIpc) is 2.88. The largest absolute Gasteiger partial charge is 0.377 e. The van der Waals surface area contributed by atoms with E-state index in [-0.39, 0.29) is 17.7 Å². The van der Waals surface area contributed by atoms with Crippen LogP contribution in [0, 0.1) is 0 Å². The molecule has 0 radical (unpaired) electrons. The fourth-order valence-electron chi connectivity index (χ4n) is 2.37. The lowest BCUT2D eigenvalue weighted by molar-refractivity contribution is -0.00461. The average molecular weight is 294 g/mol. The molecule has 2 heterocycles. The third-order valence-electron chi connectivity index (χ3n) is 3.62. The van der Waals surface area contributed by atoms with Gasteiger partial charge in [-0.15, -0.1) is 0 Å². The smallest absolute Gasteiger partial charge is 0.147 e. The van der Waals surface area contributed by atoms with E-state index >= 15 is 0 Å². The minimum absolute atomic E-state index is 0.0631. The maximum absolute atomic E-state index is 5.46. The van der Waals surface area contributed by atoms with Crippen LogP contribution in [0.1, 0.15) is 26.5 Å². The highest BCUT2D eigenvalue weighted by atomic mass is 16.5. The minimum atomic E-state index is 0.0631. The summed E-state index contributed by atoms with van der Waals surface area (Å²) in [4.78, 5) is 11.2. The molecule has 0 aliphatic carbocycles. The SMILES string of the molecule is COC1CN(c2cncc(CNC(C)(C)C)n2)CC1OC. The summed E-state index contributed by atoms with van der Waals surface area (Å²) >= 11 is 0. The molecule has 1 saturated heterocycles. The van der Waals surface area contributed by atoms with E-state index in [0.717, 1.165) is 24.6 Å². The highest BCUT2D eigenvalue weighted by Gasteiger charge is 2.33. The topological polar surface area (TPSA) is 59.5 Å². The van der Waals surface area contributed by atoms with Crippen LogP contribution in [-0.2, 0) is 16.0 Å². The van der Waals surface area contributed by atoms with E-state index in [1.165, 1.54) is 0 Å². The lowest BCUT2D eigenvalue weighted by Gasteiger charge is -2.21. The Hall–Kier alpha value is -1.24. The third kappa shape index (κ3) is 4.36. The molecule has 21 heavy (non-hydrogen) atoms. The second-order valence-electron chi connectivity index (χ2n) is 6.43. The molecule has 2 unspecified atom stereocenters. The molecule has 0 saturated carbocycles. The zero-order valence-electron chi connectivity index (χ0n) is 13.6. The number of nitrogens with zero attached hydrogens (tertiary/aromatic N) is 3. The van der Waals surface area contributed by atoms with Crippen molar-refractivity contribution in [2.24, 2.45) is 0 Å². The zero-order valence-corrected chi connectivity index (χ0v) is 13.6. The second kappa shape index (κ2) is 6.68. The first-order chi connectivity index (χ1) is 9.93. The quantitative estimate of drug-likeness (QED) is 0.881. The van der Waals surface area contributed by atoms with Crippen LogP contribution in [0.15, 0.2) is 12.4 Å². The van der Waals surface area contributed by atoms with Crippen molar-refractivity contribution in [3.8, 4) is 0 Å². The van der Waals surface area contributed by atoms with Gasteiger partial charge in [-0.1, -0.05) is 0 Å². The van der Waals surface area contributed by atoms with Gasteiger partial charge >= 0.3 is 0 Å². The van der Waals surface area contributed by atoms with E-state index in [1.807, 2.05) is 0 Å². The highest BCUT2D eigenvalue weighted by molar-refractivity contribution is 5.39. The van der Waals surface area contributed by atoms with Gasteiger partial charge in [-0.25, -0.2) is 4.98 Å². The molecule has 6 heteroatoms. The van der Waals surface area contributed by atoms with Crippen LogP contribution in [0.2, 0.25) is 0 Å². The summed E-state index contributed by atoms with van der Waals surface area (Å²) in [5.74, 6) is 0.879. The van der Waals surface area contributed by atoms with Crippen LogP contribution in [0.5, 0.6) is 0 Å². The molecule has 1 fully saturated rings. The van der Waals surface area contributed by atoms with Gasteiger partial charge < -0.3 is 19.7 Å². The molecule has 6 nitrogen and oxygen atoms in total. The van der Waals surface area contributed by atoms with Crippen LogP contribution in [0.4, 0.5) is 5.82 Å². The molecule has 0 bridgehead atoms. The van der Waals surface area contributed by atoms with Crippen molar-refractivity contribution >= 4 is 5.82 Å². The van der Waals surface area contributed by atoms with E-state index in [9.17, 15) is 0 Å². The number of anilines is 1. The number of rotatable bonds is 5. The fourth-order valence-corrected chi connectivity index (χ4v) is 2.37. The van der Waals surface area contributed by atoms with Gasteiger partial charge in [0.15, 0.2) is 0 Å². The Balaban J connectivity index is 2.04. The van der Waals surface area contributed by atoms with Crippen LogP contribution in [-0.4, -0.2) is 55.0 Å². The number of nitrogens with one attached hydrogen (secondary N) is 1. The van der Waals surface area contributed by atoms with Gasteiger partial charge in [0.05, 0.1) is 11.9 Å². The van der Waals surface area contributed by atoms with Crippen molar-refractivity contribution in [2.75, 3.05) is 32.2 Å². The van der Waals surface area contributed by atoms with E-state index in [2.05, 4.69) is 41.0 Å². The maximum Gasteiger partial charge on any atom is 0.147 e. The number of hydrogen-bond acceptors (Lipinski definition) is 6. The molecule has 1 aliphatic heterocycles. The van der Waals surface area contributed by atoms with Gasteiger partial charge in [0.1, 0.15) is 18.0 Å². The van der Waals surface area contributed by atoms with Gasteiger partial charge in [-0.05, 0) is 20.8 Å². The Morgan fingerprint density at radius 3 is 2.33 bits per heavy atom. The maximum atomic E-state index is 5.46. The summed E-state index contributed by atoms with van der Waals surface area (Å²) in [7, 11) is 3.44. The molecular weight excluding hydrogens is 268 g/mol. The fraction of sp³-hybridized carbons (Fsp3) is 0.733. The van der Waals surface area contributed by atoms with E-state index in [4.69, 9.17) is 9.47 Å². The Bertz CT molecular complexity index is 449. The van der Waals surface area contributed by atoms with Gasteiger partial charge in [-0.3, -0.25) is 4.98 Å².